The van der Waals surface area contributed by atoms with Crippen molar-refractivity contribution < 1.29 is 18.8 Å². The number of halogens is 1. The number of urea groups is 1. The van der Waals surface area contributed by atoms with Gasteiger partial charge in [0.15, 0.2) is 0 Å². The van der Waals surface area contributed by atoms with E-state index < -0.39 is 0 Å². The first-order valence-electron chi connectivity index (χ1n) is 9.47. The Labute approximate surface area is 178 Å². The summed E-state index contributed by atoms with van der Waals surface area (Å²) < 4.78 is 16.0. The van der Waals surface area contributed by atoms with Gasteiger partial charge in [0.05, 0.1) is 14.2 Å². The molecule has 0 bridgehead atoms. The smallest absolute Gasteiger partial charge is 0.322 e. The number of ether oxygens (including phenoxy) is 2. The van der Waals surface area contributed by atoms with Gasteiger partial charge in [-0.05, 0) is 25.0 Å². The van der Waals surface area contributed by atoms with E-state index in [4.69, 9.17) is 25.6 Å². The van der Waals surface area contributed by atoms with Crippen molar-refractivity contribution in [3.8, 4) is 22.9 Å². The molecule has 1 aliphatic rings. The zero-order valence-electron chi connectivity index (χ0n) is 16.6. The molecule has 0 saturated carbocycles. The zero-order valence-corrected chi connectivity index (χ0v) is 17.3. The third-order valence-electron chi connectivity index (χ3n) is 4.93. The highest BCUT2D eigenvalue weighted by molar-refractivity contribution is 6.30. The average molecular weight is 429 g/mol. The minimum absolute atomic E-state index is 0.254. The Morgan fingerprint density at radius 1 is 1.20 bits per heavy atom. The molecule has 1 atom stereocenters. The molecule has 30 heavy (non-hydrogen) atoms. The second kappa shape index (κ2) is 8.62. The second-order valence-electron chi connectivity index (χ2n) is 6.85. The second-order valence-corrected chi connectivity index (χ2v) is 7.29. The van der Waals surface area contributed by atoms with Gasteiger partial charge in [-0.3, -0.25) is 0 Å². The maximum atomic E-state index is 12.9. The van der Waals surface area contributed by atoms with Crippen molar-refractivity contribution in [1.82, 2.24) is 15.0 Å². The quantitative estimate of drug-likeness (QED) is 0.629. The number of likely N-dealkylation sites (tertiary alicyclic amines) is 1. The number of amides is 2. The molecule has 1 fully saturated rings. The van der Waals surface area contributed by atoms with Gasteiger partial charge in [0.1, 0.15) is 17.5 Å². The molecule has 9 heteroatoms. The number of aromatic nitrogens is 2. The van der Waals surface area contributed by atoms with Gasteiger partial charge in [-0.1, -0.05) is 28.9 Å². The summed E-state index contributed by atoms with van der Waals surface area (Å²) in [4.78, 5) is 19.1. The Bertz CT molecular complexity index is 1030. The van der Waals surface area contributed by atoms with Crippen LogP contribution in [0.1, 0.15) is 24.8 Å². The highest BCUT2D eigenvalue weighted by Crippen LogP contribution is 2.33. The summed E-state index contributed by atoms with van der Waals surface area (Å²) >= 11 is 6.05. The van der Waals surface area contributed by atoms with Gasteiger partial charge in [-0.15, -0.1) is 0 Å². The minimum atomic E-state index is -0.294. The molecule has 1 unspecified atom stereocenters. The molecule has 2 amide bonds. The lowest BCUT2D eigenvalue weighted by Crippen LogP contribution is -2.34. The van der Waals surface area contributed by atoms with Crippen molar-refractivity contribution in [2.24, 2.45) is 0 Å². The predicted molar refractivity (Wildman–Crippen MR) is 112 cm³/mol. The average Bonchev–Trinajstić information content (AvgIpc) is 3.43. The fraction of sp³-hybridized carbons (Fsp3) is 0.286. The topological polar surface area (TPSA) is 89.7 Å². The van der Waals surface area contributed by atoms with Crippen LogP contribution in [0, 0.1) is 0 Å². The molecule has 156 valence electrons. The van der Waals surface area contributed by atoms with Crippen molar-refractivity contribution in [3.63, 3.8) is 0 Å². The molecular weight excluding hydrogens is 408 g/mol. The summed E-state index contributed by atoms with van der Waals surface area (Å²) in [5, 5.41) is 7.55. The van der Waals surface area contributed by atoms with E-state index in [0.29, 0.717) is 40.5 Å². The fourth-order valence-corrected chi connectivity index (χ4v) is 3.65. The third-order valence-corrected chi connectivity index (χ3v) is 5.16. The van der Waals surface area contributed by atoms with Crippen LogP contribution in [0.15, 0.2) is 47.0 Å². The Balaban J connectivity index is 1.52. The molecule has 4 rings (SSSR count). The number of carbonyl (C=O) groups excluding carboxylic acids is 1. The third kappa shape index (κ3) is 4.18. The molecule has 3 aromatic rings. The lowest BCUT2D eigenvalue weighted by Gasteiger charge is -2.22. The van der Waals surface area contributed by atoms with Crippen LogP contribution in [0.4, 0.5) is 10.5 Å². The van der Waals surface area contributed by atoms with Crippen molar-refractivity contribution in [3.05, 3.63) is 53.4 Å². The molecular formula is C21H21ClN4O4. The first-order valence-corrected chi connectivity index (χ1v) is 9.85. The standard InChI is InChI=1S/C21H21ClN4O4/c1-28-16-10-15(11-17(12-16)29-2)23-21(27)26-8-4-7-18(26)20-24-19(25-30-20)13-5-3-6-14(22)9-13/h3,5-6,9-12,18H,4,7-8H2,1-2H3,(H,23,27). The van der Waals surface area contributed by atoms with E-state index in [-0.39, 0.29) is 12.1 Å². The van der Waals surface area contributed by atoms with Gasteiger partial charge in [0.2, 0.25) is 11.7 Å². The van der Waals surface area contributed by atoms with Crippen molar-refractivity contribution >= 4 is 23.3 Å². The number of hydrogen-bond acceptors (Lipinski definition) is 6. The molecule has 2 heterocycles. The number of anilines is 1. The van der Waals surface area contributed by atoms with E-state index >= 15 is 0 Å². The van der Waals surface area contributed by atoms with E-state index in [1.807, 2.05) is 12.1 Å². The lowest BCUT2D eigenvalue weighted by molar-refractivity contribution is 0.193. The van der Waals surface area contributed by atoms with Gasteiger partial charge in [0, 0.05) is 41.0 Å². The number of nitrogens with one attached hydrogen (secondary N) is 1. The molecule has 8 nitrogen and oxygen atoms in total. The predicted octanol–water partition coefficient (Wildman–Crippen LogP) is 4.78. The molecule has 0 radical (unpaired) electrons. The van der Waals surface area contributed by atoms with Crippen molar-refractivity contribution in [2.75, 3.05) is 26.1 Å². The van der Waals surface area contributed by atoms with E-state index in [1.54, 1.807) is 49.5 Å². The van der Waals surface area contributed by atoms with E-state index in [0.717, 1.165) is 18.4 Å². The first kappa shape index (κ1) is 20.0. The number of methoxy groups -OCH3 is 2. The summed E-state index contributed by atoms with van der Waals surface area (Å²) in [6, 6.07) is 11.9. The summed E-state index contributed by atoms with van der Waals surface area (Å²) in [7, 11) is 3.12. The van der Waals surface area contributed by atoms with Gasteiger partial charge in [-0.2, -0.15) is 4.98 Å². The van der Waals surface area contributed by atoms with E-state index in [9.17, 15) is 4.79 Å². The van der Waals surface area contributed by atoms with Crippen LogP contribution in [0.5, 0.6) is 11.5 Å². The largest absolute Gasteiger partial charge is 0.497 e. The number of hydrogen-bond donors (Lipinski definition) is 1. The van der Waals surface area contributed by atoms with Crippen LogP contribution in [-0.4, -0.2) is 41.8 Å². The van der Waals surface area contributed by atoms with Gasteiger partial charge >= 0.3 is 6.03 Å². The molecule has 1 aromatic heterocycles. The monoisotopic (exact) mass is 428 g/mol. The van der Waals surface area contributed by atoms with E-state index in [1.165, 1.54) is 0 Å². The Hall–Kier alpha value is -3.26. The lowest BCUT2D eigenvalue weighted by atomic mass is 10.2. The molecule has 0 aliphatic carbocycles. The van der Waals surface area contributed by atoms with Crippen molar-refractivity contribution in [2.45, 2.75) is 18.9 Å². The Morgan fingerprint density at radius 2 is 1.97 bits per heavy atom. The van der Waals surface area contributed by atoms with Gasteiger partial charge in [0.25, 0.3) is 0 Å². The van der Waals surface area contributed by atoms with E-state index in [2.05, 4.69) is 15.5 Å². The number of benzene rings is 2. The van der Waals surface area contributed by atoms with Crippen LogP contribution >= 0.6 is 11.6 Å². The maximum Gasteiger partial charge on any atom is 0.322 e. The fourth-order valence-electron chi connectivity index (χ4n) is 3.46. The van der Waals surface area contributed by atoms with Crippen molar-refractivity contribution in [1.29, 1.82) is 0 Å². The molecule has 2 aromatic carbocycles. The van der Waals surface area contributed by atoms with Crippen LogP contribution < -0.4 is 14.8 Å². The first-order chi connectivity index (χ1) is 14.6. The van der Waals surface area contributed by atoms with Crippen LogP contribution in [0.25, 0.3) is 11.4 Å². The number of carbonyl (C=O) groups is 1. The summed E-state index contributed by atoms with van der Waals surface area (Å²) in [5.74, 6) is 2.02. The van der Waals surface area contributed by atoms with Gasteiger partial charge in [-0.25, -0.2) is 4.79 Å². The summed E-state index contributed by atoms with van der Waals surface area (Å²) in [6.07, 6.45) is 1.58. The van der Waals surface area contributed by atoms with Crippen LogP contribution in [0.2, 0.25) is 5.02 Å². The highest BCUT2D eigenvalue weighted by Gasteiger charge is 2.34. The summed E-state index contributed by atoms with van der Waals surface area (Å²) in [5.41, 5.74) is 1.34. The highest BCUT2D eigenvalue weighted by atomic mass is 35.5. The number of rotatable bonds is 5. The maximum absolute atomic E-state index is 12.9. The van der Waals surface area contributed by atoms with Crippen LogP contribution in [0.3, 0.4) is 0 Å². The number of nitrogens with zero attached hydrogens (tertiary/aromatic N) is 3. The zero-order chi connectivity index (χ0) is 21.1. The molecule has 0 spiro atoms. The molecule has 1 saturated heterocycles. The summed E-state index contributed by atoms with van der Waals surface area (Å²) in [6.45, 7) is 0.590. The van der Waals surface area contributed by atoms with Gasteiger partial charge < -0.3 is 24.2 Å². The normalized spacial score (nSPS) is 15.8. The molecule has 1 N–H and O–H groups in total. The van der Waals surface area contributed by atoms with Crippen LogP contribution in [-0.2, 0) is 0 Å². The Kier molecular flexibility index (Phi) is 5.76. The Morgan fingerprint density at radius 3 is 2.67 bits per heavy atom. The SMILES string of the molecule is COc1cc(NC(=O)N2CCCC2c2nc(-c3cccc(Cl)c3)no2)cc(OC)c1. The minimum Gasteiger partial charge on any atom is -0.497 e. The molecule has 1 aliphatic heterocycles.